The Morgan fingerprint density at radius 1 is 0.947 bits per heavy atom. The summed E-state index contributed by atoms with van der Waals surface area (Å²) in [6, 6.07) is 22.6. The van der Waals surface area contributed by atoms with E-state index in [1.54, 1.807) is 0 Å². The quantitative estimate of drug-likeness (QED) is 0.883. The number of nitrogens with zero attached hydrogens (tertiary/aromatic N) is 1. The number of hydrogen-bond acceptors (Lipinski definition) is 2. The summed E-state index contributed by atoms with van der Waals surface area (Å²) in [5.41, 5.74) is 1.82. The van der Waals surface area contributed by atoms with Crippen LogP contribution < -0.4 is 5.32 Å². The van der Waals surface area contributed by atoms with Gasteiger partial charge in [-0.1, -0.05) is 60.7 Å². The summed E-state index contributed by atoms with van der Waals surface area (Å²) in [6.45, 7) is 2.65. The molecule has 0 aliphatic heterocycles. The van der Waals surface area contributed by atoms with Gasteiger partial charge in [0.05, 0.1) is 6.07 Å². The Kier molecular flexibility index (Phi) is 4.33. The molecule has 0 fully saturated rings. The summed E-state index contributed by atoms with van der Waals surface area (Å²) in [6.07, 6.45) is 0.706. The van der Waals surface area contributed by atoms with Gasteiger partial charge in [-0.2, -0.15) is 5.26 Å². The third-order valence-electron chi connectivity index (χ3n) is 3.17. The molecule has 2 aromatic carbocycles. The largest absolute Gasteiger partial charge is 0.295 e. The monoisotopic (exact) mass is 250 g/mol. The van der Waals surface area contributed by atoms with Crippen LogP contribution in [0.3, 0.4) is 0 Å². The third kappa shape index (κ3) is 3.94. The van der Waals surface area contributed by atoms with Crippen molar-refractivity contribution in [3.05, 3.63) is 71.8 Å². The zero-order valence-electron chi connectivity index (χ0n) is 11.1. The highest BCUT2D eigenvalue weighted by atomic mass is 15.0. The highest BCUT2D eigenvalue weighted by Crippen LogP contribution is 2.13. The van der Waals surface area contributed by atoms with Crippen LogP contribution in [0.2, 0.25) is 0 Å². The topological polar surface area (TPSA) is 35.8 Å². The molecule has 2 heteroatoms. The van der Waals surface area contributed by atoms with E-state index < -0.39 is 5.54 Å². The van der Waals surface area contributed by atoms with Crippen molar-refractivity contribution in [1.82, 2.24) is 5.32 Å². The molecule has 1 atom stereocenters. The van der Waals surface area contributed by atoms with E-state index in [1.165, 1.54) is 11.1 Å². The lowest BCUT2D eigenvalue weighted by Gasteiger charge is -2.23. The van der Waals surface area contributed by atoms with Gasteiger partial charge in [-0.25, -0.2) is 0 Å². The summed E-state index contributed by atoms with van der Waals surface area (Å²) < 4.78 is 0. The molecule has 0 aliphatic rings. The maximum Gasteiger partial charge on any atom is 0.108 e. The molecule has 0 heterocycles. The first-order valence-electron chi connectivity index (χ1n) is 6.46. The Bertz CT molecular complexity index is 542. The summed E-state index contributed by atoms with van der Waals surface area (Å²) in [5, 5.41) is 12.8. The molecule has 0 bridgehead atoms. The predicted octanol–water partition coefficient (Wildman–Crippen LogP) is 3.30. The normalized spacial score (nSPS) is 13.5. The molecule has 0 aliphatic carbocycles. The fourth-order valence-electron chi connectivity index (χ4n) is 2.04. The minimum absolute atomic E-state index is 0.544. The van der Waals surface area contributed by atoms with Crippen molar-refractivity contribution in [3.8, 4) is 6.07 Å². The number of nitrogens with one attached hydrogen (secondary N) is 1. The van der Waals surface area contributed by atoms with E-state index in [-0.39, 0.29) is 0 Å². The number of hydrogen-bond donors (Lipinski definition) is 1. The van der Waals surface area contributed by atoms with Crippen LogP contribution >= 0.6 is 0 Å². The molecule has 1 unspecified atom stereocenters. The van der Waals surface area contributed by atoms with Gasteiger partial charge in [-0.05, 0) is 18.1 Å². The maximum absolute atomic E-state index is 9.41. The minimum atomic E-state index is -0.544. The first-order chi connectivity index (χ1) is 9.22. The Balaban J connectivity index is 2.01. The van der Waals surface area contributed by atoms with Gasteiger partial charge in [-0.3, -0.25) is 5.32 Å². The van der Waals surface area contributed by atoms with E-state index in [1.807, 2.05) is 43.3 Å². The number of benzene rings is 2. The van der Waals surface area contributed by atoms with Crippen molar-refractivity contribution in [3.63, 3.8) is 0 Å². The summed E-state index contributed by atoms with van der Waals surface area (Å²) in [5.74, 6) is 0. The number of rotatable bonds is 5. The lowest BCUT2D eigenvalue weighted by atomic mass is 9.94. The maximum atomic E-state index is 9.41. The Labute approximate surface area is 114 Å². The van der Waals surface area contributed by atoms with Gasteiger partial charge in [0.1, 0.15) is 5.54 Å². The Hall–Kier alpha value is -2.11. The van der Waals surface area contributed by atoms with Crippen LogP contribution in [-0.4, -0.2) is 5.54 Å². The first-order valence-corrected chi connectivity index (χ1v) is 6.46. The fraction of sp³-hybridized carbons (Fsp3) is 0.235. The Morgan fingerprint density at radius 3 is 2.00 bits per heavy atom. The predicted molar refractivity (Wildman–Crippen MR) is 77.4 cm³/mol. The van der Waals surface area contributed by atoms with Gasteiger partial charge in [0.25, 0.3) is 0 Å². The highest BCUT2D eigenvalue weighted by Gasteiger charge is 2.23. The molecule has 96 valence electrons. The van der Waals surface area contributed by atoms with Gasteiger partial charge >= 0.3 is 0 Å². The van der Waals surface area contributed by atoms with Gasteiger partial charge in [0.2, 0.25) is 0 Å². The second-order valence-electron chi connectivity index (χ2n) is 4.95. The van der Waals surface area contributed by atoms with Gasteiger partial charge in [0.15, 0.2) is 0 Å². The highest BCUT2D eigenvalue weighted by molar-refractivity contribution is 5.22. The van der Waals surface area contributed by atoms with Crippen LogP contribution in [0, 0.1) is 11.3 Å². The first kappa shape index (κ1) is 13.3. The van der Waals surface area contributed by atoms with Crippen LogP contribution in [0.5, 0.6) is 0 Å². The second-order valence-corrected chi connectivity index (χ2v) is 4.95. The van der Waals surface area contributed by atoms with Crippen molar-refractivity contribution in [2.75, 3.05) is 0 Å². The summed E-state index contributed by atoms with van der Waals surface area (Å²) >= 11 is 0. The van der Waals surface area contributed by atoms with E-state index in [4.69, 9.17) is 0 Å². The Morgan fingerprint density at radius 2 is 1.47 bits per heavy atom. The molecule has 0 radical (unpaired) electrons. The molecular formula is C17H18N2. The zero-order valence-corrected chi connectivity index (χ0v) is 11.1. The van der Waals surface area contributed by atoms with Crippen LogP contribution in [0.4, 0.5) is 0 Å². The molecule has 2 aromatic rings. The van der Waals surface area contributed by atoms with Crippen molar-refractivity contribution in [2.24, 2.45) is 0 Å². The van der Waals surface area contributed by atoms with Crippen molar-refractivity contribution in [1.29, 1.82) is 5.26 Å². The van der Waals surface area contributed by atoms with Crippen molar-refractivity contribution < 1.29 is 0 Å². The fourth-order valence-corrected chi connectivity index (χ4v) is 2.04. The zero-order chi connectivity index (χ0) is 13.6. The molecule has 1 N–H and O–H groups in total. The molecule has 0 amide bonds. The molecule has 0 aromatic heterocycles. The molecule has 0 saturated heterocycles. The molecule has 0 spiro atoms. The van der Waals surface area contributed by atoms with E-state index in [0.717, 1.165) is 0 Å². The second kappa shape index (κ2) is 6.17. The number of nitriles is 1. The van der Waals surface area contributed by atoms with E-state index in [2.05, 4.69) is 35.7 Å². The van der Waals surface area contributed by atoms with Gasteiger partial charge in [0, 0.05) is 13.0 Å². The van der Waals surface area contributed by atoms with Crippen LogP contribution in [-0.2, 0) is 13.0 Å². The van der Waals surface area contributed by atoms with E-state index in [0.29, 0.717) is 13.0 Å². The molecular weight excluding hydrogens is 232 g/mol. The molecule has 0 saturated carbocycles. The molecule has 2 rings (SSSR count). The SMILES string of the molecule is CC(C#N)(Cc1ccccc1)NCc1ccccc1. The van der Waals surface area contributed by atoms with Crippen LogP contribution in [0.15, 0.2) is 60.7 Å². The van der Waals surface area contributed by atoms with E-state index in [9.17, 15) is 5.26 Å². The van der Waals surface area contributed by atoms with Crippen LogP contribution in [0.1, 0.15) is 18.1 Å². The standard InChI is InChI=1S/C17H18N2/c1-17(14-18,12-15-8-4-2-5-9-15)19-13-16-10-6-3-7-11-16/h2-11,19H,12-13H2,1H3. The van der Waals surface area contributed by atoms with Crippen molar-refractivity contribution >= 4 is 0 Å². The van der Waals surface area contributed by atoms with Crippen molar-refractivity contribution in [2.45, 2.75) is 25.4 Å². The third-order valence-corrected chi connectivity index (χ3v) is 3.17. The molecule has 2 nitrogen and oxygen atoms in total. The average molecular weight is 250 g/mol. The smallest absolute Gasteiger partial charge is 0.108 e. The lowest BCUT2D eigenvalue weighted by Crippen LogP contribution is -2.42. The van der Waals surface area contributed by atoms with Gasteiger partial charge < -0.3 is 0 Å². The van der Waals surface area contributed by atoms with E-state index >= 15 is 0 Å². The van der Waals surface area contributed by atoms with Crippen LogP contribution in [0.25, 0.3) is 0 Å². The average Bonchev–Trinajstić information content (AvgIpc) is 2.47. The molecule has 19 heavy (non-hydrogen) atoms. The summed E-state index contributed by atoms with van der Waals surface area (Å²) in [4.78, 5) is 0. The lowest BCUT2D eigenvalue weighted by molar-refractivity contribution is 0.443. The van der Waals surface area contributed by atoms with Gasteiger partial charge in [-0.15, -0.1) is 0 Å². The summed E-state index contributed by atoms with van der Waals surface area (Å²) in [7, 11) is 0. The minimum Gasteiger partial charge on any atom is -0.295 e.